The van der Waals surface area contributed by atoms with E-state index in [2.05, 4.69) is 10.1 Å². The fourth-order valence-corrected chi connectivity index (χ4v) is 5.07. The number of carbonyl (C=O) groups is 2. The van der Waals surface area contributed by atoms with Crippen molar-refractivity contribution >= 4 is 29.2 Å². The van der Waals surface area contributed by atoms with Gasteiger partial charge in [0.05, 0.1) is 27.8 Å². The molecule has 1 aromatic heterocycles. The molecule has 0 radical (unpaired) electrons. The van der Waals surface area contributed by atoms with Crippen molar-refractivity contribution in [2.45, 2.75) is 50.7 Å². The van der Waals surface area contributed by atoms with E-state index in [0.29, 0.717) is 36.1 Å². The fraction of sp³-hybridized carbons (Fsp3) is 0.321. The number of hydrogen-bond acceptors (Lipinski definition) is 5. The van der Waals surface area contributed by atoms with Crippen LogP contribution in [-0.4, -0.2) is 34.8 Å². The lowest BCUT2D eigenvalue weighted by atomic mass is 9.80. The Bertz CT molecular complexity index is 1380. The highest BCUT2D eigenvalue weighted by atomic mass is 35.5. The SMILES string of the molecule is O=C(O)c1ccc(NC(=O)C(CC2CCC(O)CC2)c2ccc(-c3c(OC(F)F)ccc(Cl)c3F)c[n+]2[O-])cc1. The summed E-state index contributed by atoms with van der Waals surface area (Å²) in [5.41, 5.74) is -0.119. The van der Waals surface area contributed by atoms with E-state index < -0.39 is 47.6 Å². The number of halogens is 4. The molecule has 3 N–H and O–H groups in total. The van der Waals surface area contributed by atoms with E-state index in [-0.39, 0.29) is 34.2 Å². The van der Waals surface area contributed by atoms with Gasteiger partial charge in [-0.3, -0.25) is 4.79 Å². The van der Waals surface area contributed by atoms with Gasteiger partial charge in [0.1, 0.15) is 11.7 Å². The van der Waals surface area contributed by atoms with Crippen LogP contribution in [0.3, 0.4) is 0 Å². The predicted molar refractivity (Wildman–Crippen MR) is 140 cm³/mol. The molecule has 0 bridgehead atoms. The second kappa shape index (κ2) is 12.6. The van der Waals surface area contributed by atoms with Crippen molar-refractivity contribution in [3.63, 3.8) is 0 Å². The van der Waals surface area contributed by atoms with Gasteiger partial charge in [-0.05, 0) is 80.5 Å². The van der Waals surface area contributed by atoms with Gasteiger partial charge in [-0.2, -0.15) is 13.5 Å². The van der Waals surface area contributed by atoms with Gasteiger partial charge < -0.3 is 25.5 Å². The van der Waals surface area contributed by atoms with Crippen molar-refractivity contribution < 1.29 is 42.4 Å². The number of pyridine rings is 1. The number of nitrogens with one attached hydrogen (secondary N) is 1. The Morgan fingerprint density at radius 3 is 2.35 bits per heavy atom. The van der Waals surface area contributed by atoms with Gasteiger partial charge in [0, 0.05) is 11.8 Å². The Hall–Kier alpha value is -3.83. The van der Waals surface area contributed by atoms with Crippen molar-refractivity contribution in [3.05, 3.63) is 82.0 Å². The molecule has 1 heterocycles. The summed E-state index contributed by atoms with van der Waals surface area (Å²) in [6.07, 6.45) is 3.25. The second-order valence-electron chi connectivity index (χ2n) is 9.62. The standard InChI is InChI=1S/C28H26ClF3N2O6/c29-21-10-12-23(40-28(31)32)24(25(21)30)17-5-11-22(34(39)14-17)20(13-15-1-8-19(35)9-2-15)26(36)33-18-6-3-16(4-7-18)27(37)38/h3-7,10-12,14-15,19-20,28,35H,1-2,8-9,13H2,(H,33,36)(H,37,38). The molecule has 0 spiro atoms. The molecular formula is C28H26ClF3N2O6. The number of hydrogen-bond donors (Lipinski definition) is 3. The Morgan fingerprint density at radius 1 is 1.07 bits per heavy atom. The summed E-state index contributed by atoms with van der Waals surface area (Å²) in [6.45, 7) is -3.25. The van der Waals surface area contributed by atoms with Crippen LogP contribution in [0.15, 0.2) is 54.7 Å². The predicted octanol–water partition coefficient (Wildman–Crippen LogP) is 5.74. The average molecular weight is 579 g/mol. The van der Waals surface area contributed by atoms with Crippen LogP contribution in [0, 0.1) is 16.9 Å². The third kappa shape index (κ3) is 6.83. The Labute approximate surface area is 232 Å². The normalized spacial score (nSPS) is 17.9. The lowest BCUT2D eigenvalue weighted by Gasteiger charge is -2.28. The highest BCUT2D eigenvalue weighted by molar-refractivity contribution is 6.31. The summed E-state index contributed by atoms with van der Waals surface area (Å²) in [4.78, 5) is 24.6. The zero-order chi connectivity index (χ0) is 29.0. The summed E-state index contributed by atoms with van der Waals surface area (Å²) in [5.74, 6) is -4.14. The highest BCUT2D eigenvalue weighted by Crippen LogP contribution is 2.38. The first-order valence-electron chi connectivity index (χ1n) is 12.5. The van der Waals surface area contributed by atoms with Crippen molar-refractivity contribution in [1.82, 2.24) is 0 Å². The molecule has 1 aliphatic carbocycles. The molecule has 1 unspecified atom stereocenters. The van der Waals surface area contributed by atoms with Crippen LogP contribution >= 0.6 is 11.6 Å². The van der Waals surface area contributed by atoms with Crippen molar-refractivity contribution in [2.75, 3.05) is 5.32 Å². The largest absolute Gasteiger partial charge is 0.618 e. The zero-order valence-corrected chi connectivity index (χ0v) is 21.8. The molecular weight excluding hydrogens is 553 g/mol. The average Bonchev–Trinajstić information content (AvgIpc) is 2.91. The number of benzene rings is 2. The molecule has 3 aromatic rings. The van der Waals surface area contributed by atoms with Crippen molar-refractivity contribution in [2.24, 2.45) is 5.92 Å². The van der Waals surface area contributed by atoms with E-state index in [0.717, 1.165) is 18.3 Å². The third-order valence-corrected chi connectivity index (χ3v) is 7.26. The third-order valence-electron chi connectivity index (χ3n) is 6.96. The van der Waals surface area contributed by atoms with Gasteiger partial charge in [0.25, 0.3) is 0 Å². The zero-order valence-electron chi connectivity index (χ0n) is 21.0. The van der Waals surface area contributed by atoms with Crippen LogP contribution in [0.25, 0.3) is 11.1 Å². The smallest absolute Gasteiger partial charge is 0.387 e. The number of carbonyl (C=O) groups excluding carboxylic acids is 1. The maximum atomic E-state index is 14.9. The molecule has 1 saturated carbocycles. The minimum absolute atomic E-state index is 0.0321. The fourth-order valence-electron chi connectivity index (χ4n) is 4.91. The lowest BCUT2D eigenvalue weighted by Crippen LogP contribution is -2.38. The highest BCUT2D eigenvalue weighted by Gasteiger charge is 2.33. The molecule has 12 heteroatoms. The first-order chi connectivity index (χ1) is 19.0. The van der Waals surface area contributed by atoms with E-state index in [1.165, 1.54) is 36.4 Å². The van der Waals surface area contributed by atoms with Crippen LogP contribution in [0.5, 0.6) is 5.75 Å². The Balaban J connectivity index is 1.67. The Kier molecular flexibility index (Phi) is 9.16. The molecule has 0 aliphatic heterocycles. The van der Waals surface area contributed by atoms with Gasteiger partial charge in [-0.25, -0.2) is 9.18 Å². The molecule has 0 saturated heterocycles. The molecule has 1 fully saturated rings. The van der Waals surface area contributed by atoms with Crippen LogP contribution in [-0.2, 0) is 4.79 Å². The lowest BCUT2D eigenvalue weighted by molar-refractivity contribution is -0.614. The number of carboxylic acids is 1. The van der Waals surface area contributed by atoms with E-state index in [4.69, 9.17) is 16.7 Å². The van der Waals surface area contributed by atoms with Crippen LogP contribution < -0.4 is 14.8 Å². The molecule has 1 amide bonds. The summed E-state index contributed by atoms with van der Waals surface area (Å²) < 4.78 is 45.6. The first kappa shape index (κ1) is 29.2. The number of rotatable bonds is 9. The first-order valence-corrected chi connectivity index (χ1v) is 12.9. The van der Waals surface area contributed by atoms with Crippen LogP contribution in [0.4, 0.5) is 18.9 Å². The molecule has 2 aromatic carbocycles. The molecule has 1 atom stereocenters. The summed E-state index contributed by atoms with van der Waals surface area (Å²) in [6, 6.07) is 10.3. The maximum Gasteiger partial charge on any atom is 0.387 e. The van der Waals surface area contributed by atoms with Crippen LogP contribution in [0.2, 0.25) is 5.02 Å². The number of aromatic carboxylic acids is 1. The van der Waals surface area contributed by atoms with E-state index >= 15 is 0 Å². The number of ether oxygens (including phenoxy) is 1. The van der Waals surface area contributed by atoms with Crippen molar-refractivity contribution in [3.8, 4) is 16.9 Å². The number of carboxylic acid groups (broad SMARTS) is 1. The molecule has 4 rings (SSSR count). The van der Waals surface area contributed by atoms with Gasteiger partial charge in [-0.15, -0.1) is 0 Å². The summed E-state index contributed by atoms with van der Waals surface area (Å²) >= 11 is 5.85. The van der Waals surface area contributed by atoms with Gasteiger partial charge in [0.2, 0.25) is 11.6 Å². The molecule has 8 nitrogen and oxygen atoms in total. The number of alkyl halides is 2. The van der Waals surface area contributed by atoms with E-state index in [9.17, 15) is 33.1 Å². The number of aromatic nitrogens is 1. The topological polar surface area (TPSA) is 123 Å². The van der Waals surface area contributed by atoms with E-state index in [1.54, 1.807) is 0 Å². The monoisotopic (exact) mass is 578 g/mol. The maximum absolute atomic E-state index is 14.9. The number of nitrogens with zero attached hydrogens (tertiary/aromatic N) is 1. The molecule has 40 heavy (non-hydrogen) atoms. The second-order valence-corrected chi connectivity index (χ2v) is 10.0. The summed E-state index contributed by atoms with van der Waals surface area (Å²) in [7, 11) is 0. The molecule has 212 valence electrons. The number of anilines is 1. The number of amides is 1. The molecule has 1 aliphatic rings. The van der Waals surface area contributed by atoms with E-state index in [1.807, 2.05) is 0 Å². The minimum atomic E-state index is -3.25. The number of aliphatic hydroxyl groups excluding tert-OH is 1. The number of aliphatic hydroxyl groups is 1. The van der Waals surface area contributed by atoms with Gasteiger partial charge >= 0.3 is 12.6 Å². The Morgan fingerprint density at radius 2 is 1.75 bits per heavy atom. The van der Waals surface area contributed by atoms with Crippen molar-refractivity contribution in [1.29, 1.82) is 0 Å². The van der Waals surface area contributed by atoms with Gasteiger partial charge in [-0.1, -0.05) is 11.6 Å². The summed E-state index contributed by atoms with van der Waals surface area (Å²) in [5, 5.41) is 34.6. The minimum Gasteiger partial charge on any atom is -0.618 e. The van der Waals surface area contributed by atoms with Crippen LogP contribution in [0.1, 0.15) is 54.1 Å². The quantitative estimate of drug-likeness (QED) is 0.220. The van der Waals surface area contributed by atoms with Gasteiger partial charge in [0.15, 0.2) is 12.0 Å².